The Morgan fingerprint density at radius 3 is 2.74 bits per heavy atom. The van der Waals surface area contributed by atoms with E-state index in [1.54, 1.807) is 18.0 Å². The molecule has 3 aromatic rings. The van der Waals surface area contributed by atoms with E-state index in [1.807, 2.05) is 30.5 Å². The van der Waals surface area contributed by atoms with Crippen LogP contribution in [0.1, 0.15) is 5.69 Å². The van der Waals surface area contributed by atoms with Crippen LogP contribution in [0.5, 0.6) is 0 Å². The third-order valence-corrected chi connectivity index (χ3v) is 3.51. The fourth-order valence-electron chi connectivity index (χ4n) is 1.92. The van der Waals surface area contributed by atoms with Gasteiger partial charge in [-0.15, -0.1) is 0 Å². The molecule has 0 amide bonds. The molecule has 0 radical (unpaired) electrons. The van der Waals surface area contributed by atoms with Gasteiger partial charge in [-0.1, -0.05) is 47.3 Å². The molecule has 5 heteroatoms. The van der Waals surface area contributed by atoms with Crippen LogP contribution in [0.25, 0.3) is 11.3 Å². The summed E-state index contributed by atoms with van der Waals surface area (Å²) >= 11 is 1.63. The average Bonchev–Trinajstić information content (AvgIpc) is 3.10. The van der Waals surface area contributed by atoms with Crippen LogP contribution in [0.2, 0.25) is 0 Å². The molecular weight excluding hydrogens is 258 g/mol. The molecule has 2 aromatic heterocycles. The van der Waals surface area contributed by atoms with E-state index in [2.05, 4.69) is 33.0 Å². The Labute approximate surface area is 115 Å². The molecule has 4 nitrogen and oxygen atoms in total. The molecule has 0 fully saturated rings. The van der Waals surface area contributed by atoms with Crippen molar-refractivity contribution in [3.8, 4) is 11.3 Å². The van der Waals surface area contributed by atoms with Crippen LogP contribution in [0, 0.1) is 0 Å². The summed E-state index contributed by atoms with van der Waals surface area (Å²) in [6.07, 6.45) is 5.66. The van der Waals surface area contributed by atoms with E-state index in [0.717, 1.165) is 22.1 Å². The molecule has 0 atom stereocenters. The summed E-state index contributed by atoms with van der Waals surface area (Å²) in [4.78, 5) is 4.65. The van der Waals surface area contributed by atoms with Crippen LogP contribution in [0.3, 0.4) is 0 Å². The molecule has 0 saturated heterocycles. The van der Waals surface area contributed by atoms with E-state index in [-0.39, 0.29) is 0 Å². The first-order valence-corrected chi connectivity index (χ1v) is 7.15. The van der Waals surface area contributed by atoms with Crippen LogP contribution >= 0.6 is 11.8 Å². The Morgan fingerprint density at radius 1 is 1.21 bits per heavy atom. The SMILES string of the molecule is CSc1nc(-c2ccccc2)cn1Cc1ccon1. The van der Waals surface area contributed by atoms with Gasteiger partial charge in [-0.3, -0.25) is 0 Å². The molecule has 3 rings (SSSR count). The van der Waals surface area contributed by atoms with Gasteiger partial charge in [-0.2, -0.15) is 0 Å². The van der Waals surface area contributed by atoms with Crippen molar-refractivity contribution < 1.29 is 4.52 Å². The highest BCUT2D eigenvalue weighted by Gasteiger charge is 2.10. The highest BCUT2D eigenvalue weighted by atomic mass is 32.2. The van der Waals surface area contributed by atoms with E-state index < -0.39 is 0 Å². The van der Waals surface area contributed by atoms with Gasteiger partial charge in [0.25, 0.3) is 0 Å². The molecule has 0 aliphatic carbocycles. The number of aromatic nitrogens is 3. The summed E-state index contributed by atoms with van der Waals surface area (Å²) in [6.45, 7) is 0.673. The predicted molar refractivity (Wildman–Crippen MR) is 75.0 cm³/mol. The fourth-order valence-corrected chi connectivity index (χ4v) is 2.46. The second-order valence-corrected chi connectivity index (χ2v) is 4.87. The second kappa shape index (κ2) is 5.32. The minimum Gasteiger partial charge on any atom is -0.364 e. The molecule has 0 bridgehead atoms. The van der Waals surface area contributed by atoms with E-state index >= 15 is 0 Å². The van der Waals surface area contributed by atoms with Crippen LogP contribution in [-0.4, -0.2) is 21.0 Å². The lowest BCUT2D eigenvalue weighted by molar-refractivity contribution is 0.408. The first-order valence-electron chi connectivity index (χ1n) is 5.92. The lowest BCUT2D eigenvalue weighted by Crippen LogP contribution is -1.99. The largest absolute Gasteiger partial charge is 0.364 e. The molecule has 0 N–H and O–H groups in total. The van der Waals surface area contributed by atoms with Crippen molar-refractivity contribution in [2.24, 2.45) is 0 Å². The monoisotopic (exact) mass is 271 g/mol. The quantitative estimate of drug-likeness (QED) is 0.683. The molecule has 0 spiro atoms. The summed E-state index contributed by atoms with van der Waals surface area (Å²) in [5, 5.41) is 4.91. The molecule has 0 aliphatic heterocycles. The summed E-state index contributed by atoms with van der Waals surface area (Å²) in [5.74, 6) is 0. The first-order chi connectivity index (χ1) is 9.36. The Balaban J connectivity index is 1.94. The van der Waals surface area contributed by atoms with Crippen molar-refractivity contribution in [3.63, 3.8) is 0 Å². The minimum absolute atomic E-state index is 0.673. The first kappa shape index (κ1) is 12.0. The fraction of sp³-hybridized carbons (Fsp3) is 0.143. The topological polar surface area (TPSA) is 43.9 Å². The van der Waals surface area contributed by atoms with Crippen molar-refractivity contribution in [1.82, 2.24) is 14.7 Å². The van der Waals surface area contributed by atoms with Gasteiger partial charge in [0.05, 0.1) is 12.2 Å². The van der Waals surface area contributed by atoms with Gasteiger partial charge in [0.15, 0.2) is 5.16 Å². The molecule has 0 saturated carbocycles. The van der Waals surface area contributed by atoms with E-state index in [4.69, 9.17) is 4.52 Å². The third-order valence-electron chi connectivity index (χ3n) is 2.82. The van der Waals surface area contributed by atoms with E-state index in [9.17, 15) is 0 Å². The van der Waals surface area contributed by atoms with Gasteiger partial charge in [0.1, 0.15) is 12.0 Å². The average molecular weight is 271 g/mol. The van der Waals surface area contributed by atoms with Gasteiger partial charge in [-0.25, -0.2) is 4.98 Å². The number of nitrogens with zero attached hydrogens (tertiary/aromatic N) is 3. The normalized spacial score (nSPS) is 10.8. The summed E-state index contributed by atoms with van der Waals surface area (Å²) in [5.41, 5.74) is 3.00. The van der Waals surface area contributed by atoms with Gasteiger partial charge in [0, 0.05) is 17.8 Å². The molecule has 19 heavy (non-hydrogen) atoms. The maximum Gasteiger partial charge on any atom is 0.168 e. The predicted octanol–water partition coefficient (Wildman–Crippen LogP) is 3.31. The van der Waals surface area contributed by atoms with Crippen molar-refractivity contribution in [2.75, 3.05) is 6.26 Å². The van der Waals surface area contributed by atoms with Gasteiger partial charge < -0.3 is 9.09 Å². The smallest absolute Gasteiger partial charge is 0.168 e. The number of benzene rings is 1. The number of hydrogen-bond donors (Lipinski definition) is 0. The van der Waals surface area contributed by atoms with Crippen molar-refractivity contribution in [1.29, 1.82) is 0 Å². The molecule has 0 aliphatic rings. The summed E-state index contributed by atoms with van der Waals surface area (Å²) < 4.78 is 6.95. The molecule has 2 heterocycles. The van der Waals surface area contributed by atoms with E-state index in [0.29, 0.717) is 6.54 Å². The molecule has 0 unspecified atom stereocenters. The second-order valence-electron chi connectivity index (χ2n) is 4.10. The van der Waals surface area contributed by atoms with Crippen molar-refractivity contribution in [2.45, 2.75) is 11.7 Å². The zero-order chi connectivity index (χ0) is 13.1. The number of imidazole rings is 1. The zero-order valence-corrected chi connectivity index (χ0v) is 11.3. The van der Waals surface area contributed by atoms with Crippen LogP contribution < -0.4 is 0 Å². The number of hydrogen-bond acceptors (Lipinski definition) is 4. The van der Waals surface area contributed by atoms with Gasteiger partial charge in [-0.05, 0) is 6.26 Å². The molecule has 96 valence electrons. The maximum absolute atomic E-state index is 4.86. The maximum atomic E-state index is 4.86. The Bertz CT molecular complexity index is 647. The van der Waals surface area contributed by atoms with Gasteiger partial charge in [0.2, 0.25) is 0 Å². The molecular formula is C14H13N3OS. The van der Waals surface area contributed by atoms with Crippen LogP contribution in [-0.2, 0) is 6.54 Å². The van der Waals surface area contributed by atoms with E-state index in [1.165, 1.54) is 0 Å². The van der Waals surface area contributed by atoms with Crippen molar-refractivity contribution in [3.05, 3.63) is 54.6 Å². The lowest BCUT2D eigenvalue weighted by Gasteiger charge is -2.01. The Hall–Kier alpha value is -2.01. The highest BCUT2D eigenvalue weighted by molar-refractivity contribution is 7.98. The Morgan fingerprint density at radius 2 is 2.05 bits per heavy atom. The number of rotatable bonds is 4. The number of thioether (sulfide) groups is 1. The third kappa shape index (κ3) is 2.56. The van der Waals surface area contributed by atoms with Crippen LogP contribution in [0.15, 0.2) is 58.5 Å². The van der Waals surface area contributed by atoms with Crippen LogP contribution in [0.4, 0.5) is 0 Å². The standard InChI is InChI=1S/C14H13N3OS/c1-19-14-15-13(11-5-3-2-4-6-11)10-17(14)9-12-7-8-18-16-12/h2-8,10H,9H2,1H3. The van der Waals surface area contributed by atoms with Gasteiger partial charge >= 0.3 is 0 Å². The lowest BCUT2D eigenvalue weighted by atomic mass is 10.2. The zero-order valence-electron chi connectivity index (χ0n) is 10.5. The molecule has 1 aromatic carbocycles. The summed E-state index contributed by atoms with van der Waals surface area (Å²) in [7, 11) is 0. The van der Waals surface area contributed by atoms with Crippen molar-refractivity contribution >= 4 is 11.8 Å². The highest BCUT2D eigenvalue weighted by Crippen LogP contribution is 2.23. The minimum atomic E-state index is 0.673. The summed E-state index contributed by atoms with van der Waals surface area (Å²) in [6, 6.07) is 12.0. The Kier molecular flexibility index (Phi) is 3.37.